The third-order valence-corrected chi connectivity index (χ3v) is 2.30. The van der Waals surface area contributed by atoms with Gasteiger partial charge in [-0.2, -0.15) is 0 Å². The molecular weight excluding hydrogens is 194 g/mol. The first-order valence-electron chi connectivity index (χ1n) is 5.31. The number of carbonyl (C=O) groups is 2. The normalized spacial score (nSPS) is 20.5. The standard InChI is InChI=1S/C10H19N3O2/c1-7(2)11-10(15)13-5-4-9(6-13)12-8(3)14/h7,9H,4-6H2,1-3H3,(H,11,15)(H,12,14). The summed E-state index contributed by atoms with van der Waals surface area (Å²) in [5.74, 6) is -0.0360. The zero-order valence-electron chi connectivity index (χ0n) is 9.54. The van der Waals surface area contributed by atoms with Crippen LogP contribution < -0.4 is 10.6 Å². The number of likely N-dealkylation sites (tertiary alicyclic amines) is 1. The van der Waals surface area contributed by atoms with Gasteiger partial charge in [-0.05, 0) is 20.3 Å². The van der Waals surface area contributed by atoms with Gasteiger partial charge in [0.1, 0.15) is 0 Å². The highest BCUT2D eigenvalue weighted by atomic mass is 16.2. The molecule has 5 heteroatoms. The second-order valence-electron chi connectivity index (χ2n) is 4.24. The molecule has 1 atom stereocenters. The molecule has 0 radical (unpaired) electrons. The molecule has 0 aromatic heterocycles. The van der Waals surface area contributed by atoms with Crippen molar-refractivity contribution in [2.45, 2.75) is 39.3 Å². The molecule has 1 unspecified atom stereocenters. The van der Waals surface area contributed by atoms with Crippen molar-refractivity contribution in [1.29, 1.82) is 0 Å². The molecule has 0 spiro atoms. The smallest absolute Gasteiger partial charge is 0.317 e. The number of hydrogen-bond acceptors (Lipinski definition) is 2. The zero-order chi connectivity index (χ0) is 11.4. The molecule has 0 aromatic carbocycles. The van der Waals surface area contributed by atoms with Crippen LogP contribution in [0.1, 0.15) is 27.2 Å². The Labute approximate surface area is 90.2 Å². The molecule has 1 rings (SSSR count). The predicted octanol–water partition coefficient (Wildman–Crippen LogP) is 0.315. The van der Waals surface area contributed by atoms with Crippen LogP contribution in [0, 0.1) is 0 Å². The maximum Gasteiger partial charge on any atom is 0.317 e. The van der Waals surface area contributed by atoms with E-state index < -0.39 is 0 Å². The summed E-state index contributed by atoms with van der Waals surface area (Å²) in [6, 6.07) is 0.218. The van der Waals surface area contributed by atoms with Crippen molar-refractivity contribution in [2.75, 3.05) is 13.1 Å². The largest absolute Gasteiger partial charge is 0.352 e. The van der Waals surface area contributed by atoms with Crippen molar-refractivity contribution in [3.05, 3.63) is 0 Å². The van der Waals surface area contributed by atoms with Crippen LogP contribution in [0.25, 0.3) is 0 Å². The molecule has 2 N–H and O–H groups in total. The van der Waals surface area contributed by atoms with E-state index in [1.165, 1.54) is 6.92 Å². The third-order valence-electron chi connectivity index (χ3n) is 2.30. The fourth-order valence-corrected chi connectivity index (χ4v) is 1.69. The highest BCUT2D eigenvalue weighted by molar-refractivity contribution is 5.76. The zero-order valence-corrected chi connectivity index (χ0v) is 9.54. The van der Waals surface area contributed by atoms with Crippen LogP contribution in [0.4, 0.5) is 4.79 Å². The van der Waals surface area contributed by atoms with Crippen molar-refractivity contribution in [3.63, 3.8) is 0 Å². The van der Waals surface area contributed by atoms with Crippen LogP contribution in [0.3, 0.4) is 0 Å². The molecule has 3 amide bonds. The molecule has 1 fully saturated rings. The van der Waals surface area contributed by atoms with Crippen LogP contribution >= 0.6 is 0 Å². The number of hydrogen-bond donors (Lipinski definition) is 2. The number of nitrogens with one attached hydrogen (secondary N) is 2. The Hall–Kier alpha value is -1.26. The van der Waals surface area contributed by atoms with E-state index >= 15 is 0 Å². The van der Waals surface area contributed by atoms with Crippen molar-refractivity contribution >= 4 is 11.9 Å². The summed E-state index contributed by atoms with van der Waals surface area (Å²) in [5, 5.41) is 5.65. The lowest BCUT2D eigenvalue weighted by Crippen LogP contribution is -2.43. The summed E-state index contributed by atoms with van der Waals surface area (Å²) in [4.78, 5) is 24.1. The van der Waals surface area contributed by atoms with E-state index in [1.807, 2.05) is 13.8 Å². The summed E-state index contributed by atoms with van der Waals surface area (Å²) in [7, 11) is 0. The van der Waals surface area contributed by atoms with Gasteiger partial charge in [0, 0.05) is 32.1 Å². The molecule has 0 aliphatic carbocycles. The second-order valence-corrected chi connectivity index (χ2v) is 4.24. The molecule has 1 aliphatic rings. The number of amides is 3. The summed E-state index contributed by atoms with van der Waals surface area (Å²) < 4.78 is 0. The van der Waals surface area contributed by atoms with Crippen LogP contribution in [0.15, 0.2) is 0 Å². The molecular formula is C10H19N3O2. The summed E-state index contributed by atoms with van der Waals surface area (Å²) >= 11 is 0. The quantitative estimate of drug-likeness (QED) is 0.693. The minimum absolute atomic E-state index is 0.0360. The Kier molecular flexibility index (Phi) is 3.94. The fraction of sp³-hybridized carbons (Fsp3) is 0.800. The number of nitrogens with zero attached hydrogens (tertiary/aromatic N) is 1. The lowest BCUT2D eigenvalue weighted by atomic mass is 10.3. The van der Waals surface area contributed by atoms with Gasteiger partial charge in [0.15, 0.2) is 0 Å². The van der Waals surface area contributed by atoms with E-state index in [1.54, 1.807) is 4.90 Å². The van der Waals surface area contributed by atoms with Gasteiger partial charge < -0.3 is 15.5 Å². The van der Waals surface area contributed by atoms with Crippen LogP contribution in [-0.2, 0) is 4.79 Å². The lowest BCUT2D eigenvalue weighted by Gasteiger charge is -2.19. The van der Waals surface area contributed by atoms with Crippen LogP contribution in [-0.4, -0.2) is 42.0 Å². The molecule has 1 aliphatic heterocycles. The number of rotatable bonds is 2. The Morgan fingerprint density at radius 1 is 1.40 bits per heavy atom. The maximum atomic E-state index is 11.6. The van der Waals surface area contributed by atoms with E-state index in [0.29, 0.717) is 13.1 Å². The van der Waals surface area contributed by atoms with Gasteiger partial charge in [0.25, 0.3) is 0 Å². The highest BCUT2D eigenvalue weighted by Crippen LogP contribution is 2.09. The predicted molar refractivity (Wildman–Crippen MR) is 57.5 cm³/mol. The minimum atomic E-state index is -0.0437. The van der Waals surface area contributed by atoms with E-state index in [2.05, 4.69) is 10.6 Å². The third kappa shape index (κ3) is 3.77. The first-order chi connectivity index (χ1) is 6.99. The molecule has 1 heterocycles. The molecule has 0 aromatic rings. The molecule has 0 saturated carbocycles. The van der Waals surface area contributed by atoms with Crippen LogP contribution in [0.5, 0.6) is 0 Å². The summed E-state index contributed by atoms with van der Waals surface area (Å²) in [5.41, 5.74) is 0. The molecule has 1 saturated heterocycles. The molecule has 0 bridgehead atoms. The Morgan fingerprint density at radius 2 is 2.07 bits per heavy atom. The van der Waals surface area contributed by atoms with Crippen LogP contribution in [0.2, 0.25) is 0 Å². The van der Waals surface area contributed by atoms with Gasteiger partial charge in [-0.1, -0.05) is 0 Å². The van der Waals surface area contributed by atoms with E-state index in [-0.39, 0.29) is 24.0 Å². The minimum Gasteiger partial charge on any atom is -0.352 e. The first-order valence-corrected chi connectivity index (χ1v) is 5.31. The van der Waals surface area contributed by atoms with Gasteiger partial charge in [-0.25, -0.2) is 4.79 Å². The SMILES string of the molecule is CC(=O)NC1CCN(C(=O)NC(C)C)C1. The maximum absolute atomic E-state index is 11.6. The second kappa shape index (κ2) is 5.00. The number of carbonyl (C=O) groups excluding carboxylic acids is 2. The average molecular weight is 213 g/mol. The molecule has 5 nitrogen and oxygen atoms in total. The van der Waals surface area contributed by atoms with Gasteiger partial charge in [-0.15, -0.1) is 0 Å². The average Bonchev–Trinajstić information content (AvgIpc) is 2.50. The van der Waals surface area contributed by atoms with E-state index in [4.69, 9.17) is 0 Å². The van der Waals surface area contributed by atoms with Gasteiger partial charge in [0.2, 0.25) is 5.91 Å². The Balaban J connectivity index is 2.35. The van der Waals surface area contributed by atoms with Gasteiger partial charge in [-0.3, -0.25) is 4.79 Å². The molecule has 86 valence electrons. The Morgan fingerprint density at radius 3 is 2.60 bits per heavy atom. The lowest BCUT2D eigenvalue weighted by molar-refractivity contribution is -0.119. The summed E-state index contributed by atoms with van der Waals surface area (Å²) in [6.07, 6.45) is 0.838. The van der Waals surface area contributed by atoms with E-state index in [0.717, 1.165) is 6.42 Å². The van der Waals surface area contributed by atoms with Gasteiger partial charge >= 0.3 is 6.03 Å². The molecule has 15 heavy (non-hydrogen) atoms. The monoisotopic (exact) mass is 213 g/mol. The van der Waals surface area contributed by atoms with Crippen molar-refractivity contribution in [1.82, 2.24) is 15.5 Å². The Bertz CT molecular complexity index is 253. The van der Waals surface area contributed by atoms with Crippen molar-refractivity contribution in [3.8, 4) is 0 Å². The first kappa shape index (κ1) is 11.8. The van der Waals surface area contributed by atoms with Gasteiger partial charge in [0.05, 0.1) is 0 Å². The topological polar surface area (TPSA) is 61.4 Å². The fourth-order valence-electron chi connectivity index (χ4n) is 1.69. The van der Waals surface area contributed by atoms with Crippen molar-refractivity contribution < 1.29 is 9.59 Å². The van der Waals surface area contributed by atoms with E-state index in [9.17, 15) is 9.59 Å². The highest BCUT2D eigenvalue weighted by Gasteiger charge is 2.26. The summed E-state index contributed by atoms with van der Waals surface area (Å²) in [6.45, 7) is 6.68. The van der Waals surface area contributed by atoms with Crippen molar-refractivity contribution in [2.24, 2.45) is 0 Å². The number of urea groups is 1.